The van der Waals surface area contributed by atoms with Gasteiger partial charge in [-0.25, -0.2) is 4.98 Å². The Balaban J connectivity index is 1.59. The summed E-state index contributed by atoms with van der Waals surface area (Å²) in [5, 5.41) is 10.6. The zero-order valence-electron chi connectivity index (χ0n) is 16.1. The van der Waals surface area contributed by atoms with Crippen LogP contribution < -0.4 is 4.90 Å². The quantitative estimate of drug-likeness (QED) is 0.690. The molecule has 0 radical (unpaired) electrons. The second kappa shape index (κ2) is 7.32. The summed E-state index contributed by atoms with van der Waals surface area (Å²) in [6.07, 6.45) is 0. The van der Waals surface area contributed by atoms with Crippen molar-refractivity contribution in [3.63, 3.8) is 0 Å². The first-order valence-electron chi connectivity index (χ1n) is 9.49. The van der Waals surface area contributed by atoms with Gasteiger partial charge in [-0.3, -0.25) is 4.79 Å². The van der Waals surface area contributed by atoms with Crippen molar-refractivity contribution >= 4 is 22.6 Å². The highest BCUT2D eigenvalue weighted by Gasteiger charge is 2.24. The summed E-state index contributed by atoms with van der Waals surface area (Å²) in [4.78, 5) is 21.5. The normalized spacial score (nSPS) is 14.2. The molecular formula is C23H22N4O. The minimum atomic E-state index is 0.0543. The van der Waals surface area contributed by atoms with Gasteiger partial charge in [0.2, 0.25) is 0 Å². The fourth-order valence-electron chi connectivity index (χ4n) is 3.68. The van der Waals surface area contributed by atoms with E-state index in [0.29, 0.717) is 37.3 Å². The summed E-state index contributed by atoms with van der Waals surface area (Å²) in [5.41, 5.74) is 4.56. The van der Waals surface area contributed by atoms with E-state index in [9.17, 15) is 10.1 Å². The van der Waals surface area contributed by atoms with E-state index in [1.165, 1.54) is 5.56 Å². The first-order valence-corrected chi connectivity index (χ1v) is 9.49. The Morgan fingerprint density at radius 3 is 2.43 bits per heavy atom. The highest BCUT2D eigenvalue weighted by molar-refractivity contribution is 5.94. The number of piperazine rings is 1. The first-order chi connectivity index (χ1) is 13.6. The van der Waals surface area contributed by atoms with Gasteiger partial charge in [0.05, 0.1) is 11.1 Å². The smallest absolute Gasteiger partial charge is 0.253 e. The van der Waals surface area contributed by atoms with E-state index in [0.717, 1.165) is 22.3 Å². The van der Waals surface area contributed by atoms with Crippen molar-refractivity contribution in [3.8, 4) is 6.07 Å². The largest absolute Gasteiger partial charge is 0.352 e. The topological polar surface area (TPSA) is 60.2 Å². The van der Waals surface area contributed by atoms with Gasteiger partial charge in [-0.15, -0.1) is 0 Å². The van der Waals surface area contributed by atoms with Gasteiger partial charge >= 0.3 is 0 Å². The molecule has 1 aliphatic rings. The molecule has 0 aliphatic carbocycles. The number of aromatic nitrogens is 1. The number of amides is 1. The molecule has 5 heteroatoms. The monoisotopic (exact) mass is 370 g/mol. The minimum absolute atomic E-state index is 0.0543. The van der Waals surface area contributed by atoms with Gasteiger partial charge in [-0.1, -0.05) is 30.3 Å². The number of hydrogen-bond acceptors (Lipinski definition) is 4. The van der Waals surface area contributed by atoms with Crippen molar-refractivity contribution in [1.82, 2.24) is 9.88 Å². The third-order valence-electron chi connectivity index (χ3n) is 5.50. The molecule has 0 spiro atoms. The van der Waals surface area contributed by atoms with Crippen LogP contribution in [0.1, 0.15) is 27.0 Å². The molecule has 4 rings (SSSR count). The summed E-state index contributed by atoms with van der Waals surface area (Å²) < 4.78 is 0. The van der Waals surface area contributed by atoms with Crippen LogP contribution >= 0.6 is 0 Å². The number of nitriles is 1. The molecule has 1 amide bonds. The number of anilines is 1. The number of pyridine rings is 1. The molecule has 1 saturated heterocycles. The summed E-state index contributed by atoms with van der Waals surface area (Å²) in [5.74, 6) is 0.772. The highest BCUT2D eigenvalue weighted by Crippen LogP contribution is 2.27. The maximum absolute atomic E-state index is 12.7. The van der Waals surface area contributed by atoms with Gasteiger partial charge in [0.15, 0.2) is 0 Å². The molecule has 0 N–H and O–H groups in total. The van der Waals surface area contributed by atoms with Crippen molar-refractivity contribution < 1.29 is 4.79 Å². The standard InChI is InChI=1S/C23H22N4O/c1-16-8-9-19-14-20(15-24)22(25-21(19)17(16)2)26-10-12-27(13-11-26)23(28)18-6-4-3-5-7-18/h3-9,14H,10-13H2,1-2H3. The van der Waals surface area contributed by atoms with Gasteiger partial charge in [-0.05, 0) is 43.2 Å². The van der Waals surface area contributed by atoms with E-state index < -0.39 is 0 Å². The lowest BCUT2D eigenvalue weighted by Crippen LogP contribution is -2.49. The van der Waals surface area contributed by atoms with E-state index in [4.69, 9.17) is 4.98 Å². The summed E-state index contributed by atoms with van der Waals surface area (Å²) in [6.45, 7) is 6.70. The second-order valence-corrected chi connectivity index (χ2v) is 7.20. The number of benzene rings is 2. The number of rotatable bonds is 2. The third kappa shape index (κ3) is 3.18. The van der Waals surface area contributed by atoms with Gasteiger partial charge in [-0.2, -0.15) is 5.26 Å². The number of carbonyl (C=O) groups is 1. The summed E-state index contributed by atoms with van der Waals surface area (Å²) in [7, 11) is 0. The number of aryl methyl sites for hydroxylation is 2. The second-order valence-electron chi connectivity index (χ2n) is 7.20. The van der Waals surface area contributed by atoms with Crippen LogP contribution in [0, 0.1) is 25.2 Å². The zero-order valence-corrected chi connectivity index (χ0v) is 16.1. The Morgan fingerprint density at radius 1 is 1.04 bits per heavy atom. The SMILES string of the molecule is Cc1ccc2cc(C#N)c(N3CCN(C(=O)c4ccccc4)CC3)nc2c1C. The Labute approximate surface area is 164 Å². The predicted octanol–water partition coefficient (Wildman–Crippen LogP) is 3.69. The van der Waals surface area contributed by atoms with E-state index in [1.54, 1.807) is 0 Å². The third-order valence-corrected chi connectivity index (χ3v) is 5.50. The fraction of sp³-hybridized carbons (Fsp3) is 0.261. The van der Waals surface area contributed by atoms with E-state index in [2.05, 4.69) is 30.9 Å². The number of carbonyl (C=O) groups excluding carboxylic acids is 1. The van der Waals surface area contributed by atoms with Gasteiger partial charge < -0.3 is 9.80 Å². The predicted molar refractivity (Wildman–Crippen MR) is 110 cm³/mol. The number of fused-ring (bicyclic) bond motifs is 1. The van der Waals surface area contributed by atoms with Crippen LogP contribution in [0.25, 0.3) is 10.9 Å². The first kappa shape index (κ1) is 18.0. The van der Waals surface area contributed by atoms with E-state index in [1.807, 2.05) is 47.4 Å². The fourth-order valence-corrected chi connectivity index (χ4v) is 3.68. The molecule has 2 heterocycles. The molecule has 1 fully saturated rings. The zero-order chi connectivity index (χ0) is 19.7. The van der Waals surface area contributed by atoms with E-state index >= 15 is 0 Å². The lowest BCUT2D eigenvalue weighted by molar-refractivity contribution is 0.0746. The van der Waals surface area contributed by atoms with Crippen LogP contribution in [0.2, 0.25) is 0 Å². The van der Waals surface area contributed by atoms with Crippen molar-refractivity contribution in [2.45, 2.75) is 13.8 Å². The molecular weight excluding hydrogens is 348 g/mol. The van der Waals surface area contributed by atoms with Gasteiger partial charge in [0.25, 0.3) is 5.91 Å². The Morgan fingerprint density at radius 2 is 1.75 bits per heavy atom. The molecule has 140 valence electrons. The Hall–Kier alpha value is -3.39. The van der Waals surface area contributed by atoms with Crippen molar-refractivity contribution in [2.75, 3.05) is 31.1 Å². The highest BCUT2D eigenvalue weighted by atomic mass is 16.2. The maximum Gasteiger partial charge on any atom is 0.253 e. The molecule has 3 aromatic rings. The van der Waals surface area contributed by atoms with Crippen molar-refractivity contribution in [2.24, 2.45) is 0 Å². The summed E-state index contributed by atoms with van der Waals surface area (Å²) in [6, 6.07) is 17.7. The Bertz CT molecular complexity index is 1080. The average molecular weight is 370 g/mol. The minimum Gasteiger partial charge on any atom is -0.352 e. The number of nitrogens with zero attached hydrogens (tertiary/aromatic N) is 4. The van der Waals surface area contributed by atoms with Crippen LogP contribution in [-0.2, 0) is 0 Å². The van der Waals surface area contributed by atoms with Crippen molar-refractivity contribution in [3.05, 3.63) is 70.8 Å². The molecule has 5 nitrogen and oxygen atoms in total. The molecule has 1 aromatic heterocycles. The number of hydrogen-bond donors (Lipinski definition) is 0. The van der Waals surface area contributed by atoms with Crippen LogP contribution in [0.3, 0.4) is 0 Å². The molecule has 2 aromatic carbocycles. The van der Waals surface area contributed by atoms with Crippen LogP contribution in [0.4, 0.5) is 5.82 Å². The van der Waals surface area contributed by atoms with Crippen molar-refractivity contribution in [1.29, 1.82) is 5.26 Å². The molecule has 0 unspecified atom stereocenters. The molecule has 0 atom stereocenters. The molecule has 0 bridgehead atoms. The maximum atomic E-state index is 12.7. The summed E-state index contributed by atoms with van der Waals surface area (Å²) >= 11 is 0. The van der Waals surface area contributed by atoms with Crippen LogP contribution in [0.15, 0.2) is 48.5 Å². The Kier molecular flexibility index (Phi) is 4.70. The van der Waals surface area contributed by atoms with Gasteiger partial charge in [0, 0.05) is 37.1 Å². The van der Waals surface area contributed by atoms with Crippen LogP contribution in [0.5, 0.6) is 0 Å². The molecule has 28 heavy (non-hydrogen) atoms. The molecule has 1 aliphatic heterocycles. The molecule has 0 saturated carbocycles. The van der Waals surface area contributed by atoms with Gasteiger partial charge in [0.1, 0.15) is 11.9 Å². The average Bonchev–Trinajstić information content (AvgIpc) is 2.76. The lowest BCUT2D eigenvalue weighted by atomic mass is 10.0. The van der Waals surface area contributed by atoms with E-state index in [-0.39, 0.29) is 5.91 Å². The lowest BCUT2D eigenvalue weighted by Gasteiger charge is -2.36. The van der Waals surface area contributed by atoms with Crippen LogP contribution in [-0.4, -0.2) is 42.0 Å².